The Morgan fingerprint density at radius 1 is 1.18 bits per heavy atom. The van der Waals surface area contributed by atoms with Crippen LogP contribution in [0.4, 0.5) is 0 Å². The largest absolute Gasteiger partial charge is 0.466 e. The normalized spacial score (nSPS) is 11.4. The lowest BCUT2D eigenvalue weighted by Crippen LogP contribution is -2.21. The fourth-order valence-electron chi connectivity index (χ4n) is 1.07. The predicted molar refractivity (Wildman–Crippen MR) is 68.5 cm³/mol. The predicted octanol–water partition coefficient (Wildman–Crippen LogP) is 1.84. The van der Waals surface area contributed by atoms with Crippen LogP contribution >= 0.6 is 11.3 Å². The highest BCUT2D eigenvalue weighted by molar-refractivity contribution is 7.13. The summed E-state index contributed by atoms with van der Waals surface area (Å²) in [6.07, 6.45) is 0.235. The quantitative estimate of drug-likeness (QED) is 0.722. The number of nitrogens with one attached hydrogen (secondary N) is 1. The van der Waals surface area contributed by atoms with Crippen molar-refractivity contribution in [2.45, 2.75) is 46.4 Å². The molecule has 0 amide bonds. The van der Waals surface area contributed by atoms with Gasteiger partial charge in [-0.2, -0.15) is 0 Å². The van der Waals surface area contributed by atoms with Crippen LogP contribution in [0.1, 0.15) is 32.7 Å². The van der Waals surface area contributed by atoms with Gasteiger partial charge in [0.15, 0.2) is 0 Å². The van der Waals surface area contributed by atoms with Crippen LogP contribution in [0, 0.1) is 0 Å². The van der Waals surface area contributed by atoms with Crippen LogP contribution in [0.15, 0.2) is 0 Å². The van der Waals surface area contributed by atoms with Crippen molar-refractivity contribution in [3.05, 3.63) is 5.01 Å². The minimum Gasteiger partial charge on any atom is -0.466 e. The topological polar surface area (TPSA) is 56.3 Å². The van der Waals surface area contributed by atoms with Gasteiger partial charge in [-0.1, -0.05) is 25.2 Å². The molecule has 0 spiro atoms. The molecular weight excluding hydrogens is 238 g/mol. The van der Waals surface area contributed by atoms with E-state index in [9.17, 15) is 0 Å². The Bertz CT molecular complexity index is 315. The van der Waals surface area contributed by atoms with E-state index in [2.05, 4.69) is 29.4 Å². The highest BCUT2D eigenvalue weighted by Gasteiger charge is 2.05. The molecule has 0 aliphatic carbocycles. The van der Waals surface area contributed by atoms with Gasteiger partial charge in [0.25, 0.3) is 5.19 Å². The smallest absolute Gasteiger partial charge is 0.294 e. The van der Waals surface area contributed by atoms with Crippen LogP contribution in [0.3, 0.4) is 0 Å². The Balaban J connectivity index is 2.21. The van der Waals surface area contributed by atoms with Gasteiger partial charge in [0, 0.05) is 6.04 Å². The van der Waals surface area contributed by atoms with E-state index in [1.165, 1.54) is 11.3 Å². The minimum absolute atomic E-state index is 0.235. The standard InChI is InChI=1S/C11H21N3O2S/c1-8(2)12-7-10-13-14-11(17-10)16-6-5-15-9(3)4/h8-9,12H,5-7H2,1-4H3. The van der Waals surface area contributed by atoms with Crippen LogP contribution in [-0.2, 0) is 11.3 Å². The van der Waals surface area contributed by atoms with Gasteiger partial charge in [-0.3, -0.25) is 0 Å². The first kappa shape index (κ1) is 14.3. The van der Waals surface area contributed by atoms with E-state index in [0.29, 0.717) is 24.4 Å². The number of ether oxygens (including phenoxy) is 2. The summed E-state index contributed by atoms with van der Waals surface area (Å²) < 4.78 is 10.8. The maximum Gasteiger partial charge on any atom is 0.294 e. The van der Waals surface area contributed by atoms with E-state index in [0.717, 1.165) is 11.6 Å². The SMILES string of the molecule is CC(C)NCc1nnc(OCCOC(C)C)s1. The molecule has 1 rings (SSSR count). The van der Waals surface area contributed by atoms with Crippen molar-refractivity contribution in [1.82, 2.24) is 15.5 Å². The van der Waals surface area contributed by atoms with Gasteiger partial charge < -0.3 is 14.8 Å². The minimum atomic E-state index is 0.235. The lowest BCUT2D eigenvalue weighted by atomic mass is 10.4. The summed E-state index contributed by atoms with van der Waals surface area (Å²) in [5, 5.41) is 12.8. The zero-order chi connectivity index (χ0) is 12.7. The van der Waals surface area contributed by atoms with E-state index in [4.69, 9.17) is 9.47 Å². The van der Waals surface area contributed by atoms with Crippen molar-refractivity contribution in [1.29, 1.82) is 0 Å². The van der Waals surface area contributed by atoms with Crippen molar-refractivity contribution < 1.29 is 9.47 Å². The second-order valence-corrected chi connectivity index (χ2v) is 5.29. The van der Waals surface area contributed by atoms with Crippen molar-refractivity contribution in [3.63, 3.8) is 0 Å². The molecule has 1 aromatic heterocycles. The first-order valence-corrected chi connectivity index (χ1v) is 6.69. The Hall–Kier alpha value is -0.720. The second kappa shape index (κ2) is 7.58. The molecule has 0 unspecified atom stereocenters. The Labute approximate surface area is 107 Å². The molecule has 1 N–H and O–H groups in total. The van der Waals surface area contributed by atoms with Crippen LogP contribution in [0.25, 0.3) is 0 Å². The Morgan fingerprint density at radius 2 is 1.94 bits per heavy atom. The van der Waals surface area contributed by atoms with E-state index in [-0.39, 0.29) is 6.10 Å². The Morgan fingerprint density at radius 3 is 2.59 bits per heavy atom. The average Bonchev–Trinajstić information content (AvgIpc) is 2.69. The first-order chi connectivity index (χ1) is 8.08. The summed E-state index contributed by atoms with van der Waals surface area (Å²) in [5.74, 6) is 0. The molecule has 1 heterocycles. The molecule has 98 valence electrons. The molecular formula is C11H21N3O2S. The van der Waals surface area contributed by atoms with Crippen LogP contribution in [0.5, 0.6) is 5.19 Å². The van der Waals surface area contributed by atoms with Gasteiger partial charge in [-0.15, -0.1) is 10.2 Å². The lowest BCUT2D eigenvalue weighted by molar-refractivity contribution is 0.0550. The van der Waals surface area contributed by atoms with E-state index >= 15 is 0 Å². The van der Waals surface area contributed by atoms with Crippen LogP contribution in [0.2, 0.25) is 0 Å². The summed E-state index contributed by atoms with van der Waals surface area (Å²) in [5.41, 5.74) is 0. The summed E-state index contributed by atoms with van der Waals surface area (Å²) in [6.45, 7) is 10.0. The molecule has 17 heavy (non-hydrogen) atoms. The van der Waals surface area contributed by atoms with Crippen LogP contribution < -0.4 is 10.1 Å². The van der Waals surface area contributed by atoms with Gasteiger partial charge >= 0.3 is 0 Å². The second-order valence-electron chi connectivity index (χ2n) is 4.27. The molecule has 5 nitrogen and oxygen atoms in total. The third-order valence-corrected chi connectivity index (χ3v) is 2.71. The average molecular weight is 259 g/mol. The fraction of sp³-hybridized carbons (Fsp3) is 0.818. The van der Waals surface area contributed by atoms with E-state index < -0.39 is 0 Å². The van der Waals surface area contributed by atoms with Gasteiger partial charge in [0.05, 0.1) is 19.3 Å². The summed E-state index contributed by atoms with van der Waals surface area (Å²) in [4.78, 5) is 0. The van der Waals surface area contributed by atoms with E-state index in [1.54, 1.807) is 0 Å². The lowest BCUT2D eigenvalue weighted by Gasteiger charge is -2.06. The summed E-state index contributed by atoms with van der Waals surface area (Å²) in [6, 6.07) is 0.447. The molecule has 1 aromatic rings. The van der Waals surface area contributed by atoms with Gasteiger partial charge in [0.1, 0.15) is 11.6 Å². The molecule has 0 fully saturated rings. The third kappa shape index (κ3) is 6.55. The highest BCUT2D eigenvalue weighted by atomic mass is 32.1. The van der Waals surface area contributed by atoms with Gasteiger partial charge in [-0.25, -0.2) is 0 Å². The molecule has 0 aliphatic rings. The van der Waals surface area contributed by atoms with Crippen molar-refractivity contribution in [2.75, 3.05) is 13.2 Å². The molecule has 0 atom stereocenters. The Kier molecular flexibility index (Phi) is 6.39. The zero-order valence-corrected chi connectivity index (χ0v) is 11.7. The maximum absolute atomic E-state index is 5.44. The molecule has 6 heteroatoms. The molecule has 0 saturated carbocycles. The number of hydrogen-bond donors (Lipinski definition) is 1. The van der Waals surface area contributed by atoms with Crippen molar-refractivity contribution in [2.24, 2.45) is 0 Å². The monoisotopic (exact) mass is 259 g/mol. The van der Waals surface area contributed by atoms with Crippen molar-refractivity contribution >= 4 is 11.3 Å². The number of rotatable bonds is 8. The number of aromatic nitrogens is 2. The first-order valence-electron chi connectivity index (χ1n) is 5.88. The number of hydrogen-bond acceptors (Lipinski definition) is 6. The molecule has 0 bridgehead atoms. The molecule has 0 saturated heterocycles. The fourth-order valence-corrected chi connectivity index (χ4v) is 1.73. The van der Waals surface area contributed by atoms with E-state index in [1.807, 2.05) is 13.8 Å². The summed E-state index contributed by atoms with van der Waals surface area (Å²) >= 11 is 1.47. The van der Waals surface area contributed by atoms with Gasteiger partial charge in [-0.05, 0) is 13.8 Å². The number of nitrogens with zero attached hydrogens (tertiary/aromatic N) is 2. The zero-order valence-electron chi connectivity index (χ0n) is 10.9. The molecule has 0 aliphatic heterocycles. The highest BCUT2D eigenvalue weighted by Crippen LogP contribution is 2.17. The third-order valence-electron chi connectivity index (χ3n) is 1.87. The summed E-state index contributed by atoms with van der Waals surface area (Å²) in [7, 11) is 0. The van der Waals surface area contributed by atoms with Gasteiger partial charge in [0.2, 0.25) is 0 Å². The van der Waals surface area contributed by atoms with Crippen molar-refractivity contribution in [3.8, 4) is 5.19 Å². The van der Waals surface area contributed by atoms with Crippen LogP contribution in [-0.4, -0.2) is 35.6 Å². The molecule has 0 radical (unpaired) electrons. The molecule has 0 aromatic carbocycles. The maximum atomic E-state index is 5.44.